The van der Waals surface area contributed by atoms with Gasteiger partial charge in [0.05, 0.1) is 7.11 Å². The maximum atomic E-state index is 12.4. The van der Waals surface area contributed by atoms with Crippen LogP contribution in [0.1, 0.15) is 43.6 Å². The van der Waals surface area contributed by atoms with Gasteiger partial charge in [-0.3, -0.25) is 4.79 Å². The molecule has 1 aromatic rings. The van der Waals surface area contributed by atoms with Gasteiger partial charge in [0.15, 0.2) is 5.78 Å². The Balaban J connectivity index is 2.11. The Labute approximate surface area is 108 Å². The number of aromatic nitrogens is 2. The average Bonchev–Trinajstić information content (AvgIpc) is 2.73. The highest BCUT2D eigenvalue weighted by Crippen LogP contribution is 2.35. The van der Waals surface area contributed by atoms with E-state index in [4.69, 9.17) is 4.74 Å². The van der Waals surface area contributed by atoms with Crippen LogP contribution in [0.3, 0.4) is 0 Å². The molecule has 1 aliphatic carbocycles. The second-order valence-corrected chi connectivity index (χ2v) is 5.52. The normalized spacial score (nSPS) is 28.1. The molecule has 3 atom stereocenters. The molecule has 0 radical (unpaired) electrons. The van der Waals surface area contributed by atoms with Crippen molar-refractivity contribution < 1.29 is 9.53 Å². The number of rotatable bonds is 3. The zero-order valence-electron chi connectivity index (χ0n) is 11.6. The van der Waals surface area contributed by atoms with Crippen molar-refractivity contribution in [3.8, 4) is 5.88 Å². The van der Waals surface area contributed by atoms with E-state index in [2.05, 4.69) is 18.9 Å². The maximum Gasteiger partial charge on any atom is 0.211 e. The van der Waals surface area contributed by atoms with E-state index in [0.29, 0.717) is 17.5 Å². The first-order chi connectivity index (χ1) is 8.52. The van der Waals surface area contributed by atoms with Gasteiger partial charge in [-0.2, -0.15) is 5.10 Å². The lowest BCUT2D eigenvalue weighted by atomic mass is 9.74. The molecule has 18 heavy (non-hydrogen) atoms. The first kappa shape index (κ1) is 13.1. The Hall–Kier alpha value is -1.32. The average molecular weight is 250 g/mol. The van der Waals surface area contributed by atoms with Crippen molar-refractivity contribution in [2.75, 3.05) is 7.11 Å². The number of nitrogens with zero attached hydrogens (tertiary/aromatic N) is 2. The summed E-state index contributed by atoms with van der Waals surface area (Å²) in [6.07, 6.45) is 3.11. The summed E-state index contributed by atoms with van der Waals surface area (Å²) < 4.78 is 6.76. The molecule has 0 aliphatic heterocycles. The van der Waals surface area contributed by atoms with E-state index in [-0.39, 0.29) is 11.7 Å². The predicted molar refractivity (Wildman–Crippen MR) is 69.8 cm³/mol. The summed E-state index contributed by atoms with van der Waals surface area (Å²) >= 11 is 0. The third kappa shape index (κ3) is 2.42. The molecule has 0 bridgehead atoms. The highest BCUT2D eigenvalue weighted by Gasteiger charge is 2.31. The minimum absolute atomic E-state index is 0.135. The van der Waals surface area contributed by atoms with Gasteiger partial charge in [-0.25, -0.2) is 4.68 Å². The van der Waals surface area contributed by atoms with E-state index in [0.717, 1.165) is 25.2 Å². The number of carbonyl (C=O) groups excluding carboxylic acids is 1. The van der Waals surface area contributed by atoms with Crippen LogP contribution in [0.4, 0.5) is 0 Å². The molecule has 0 aromatic carbocycles. The first-order valence-electron chi connectivity index (χ1n) is 6.65. The summed E-state index contributed by atoms with van der Waals surface area (Å²) in [5.41, 5.74) is 0.543. The van der Waals surface area contributed by atoms with Crippen LogP contribution in [0.2, 0.25) is 0 Å². The third-order valence-electron chi connectivity index (χ3n) is 4.27. The zero-order chi connectivity index (χ0) is 13.3. The second-order valence-electron chi connectivity index (χ2n) is 5.52. The first-order valence-corrected chi connectivity index (χ1v) is 6.65. The van der Waals surface area contributed by atoms with E-state index in [1.54, 1.807) is 24.9 Å². The summed E-state index contributed by atoms with van der Waals surface area (Å²) in [6, 6.07) is 1.74. The SMILES string of the molecule is COc1cc(C(=O)C2CCC(C)C(C)C2)nn1C. The fourth-order valence-corrected chi connectivity index (χ4v) is 2.76. The van der Waals surface area contributed by atoms with Crippen LogP contribution in [0.5, 0.6) is 5.88 Å². The smallest absolute Gasteiger partial charge is 0.211 e. The number of ether oxygens (including phenoxy) is 1. The molecule has 1 fully saturated rings. The van der Waals surface area contributed by atoms with Crippen molar-refractivity contribution in [3.63, 3.8) is 0 Å². The molecular formula is C14H22N2O2. The van der Waals surface area contributed by atoms with Gasteiger partial charge in [-0.15, -0.1) is 0 Å². The largest absolute Gasteiger partial charge is 0.481 e. The number of hydrogen-bond acceptors (Lipinski definition) is 3. The molecule has 4 nitrogen and oxygen atoms in total. The quantitative estimate of drug-likeness (QED) is 0.775. The van der Waals surface area contributed by atoms with E-state index in [9.17, 15) is 4.79 Å². The number of aryl methyl sites for hydroxylation is 1. The monoisotopic (exact) mass is 250 g/mol. The summed E-state index contributed by atoms with van der Waals surface area (Å²) in [4.78, 5) is 12.4. The van der Waals surface area contributed by atoms with Crippen LogP contribution in [-0.4, -0.2) is 22.7 Å². The number of methoxy groups -OCH3 is 1. The van der Waals surface area contributed by atoms with Crippen LogP contribution in [0.25, 0.3) is 0 Å². The topological polar surface area (TPSA) is 44.1 Å². The van der Waals surface area contributed by atoms with Crippen LogP contribution in [0, 0.1) is 17.8 Å². The second kappa shape index (κ2) is 5.12. The lowest BCUT2D eigenvalue weighted by Gasteiger charge is -2.30. The molecule has 100 valence electrons. The summed E-state index contributed by atoms with van der Waals surface area (Å²) in [5.74, 6) is 2.30. The molecule has 0 spiro atoms. The van der Waals surface area contributed by atoms with E-state index >= 15 is 0 Å². The minimum atomic E-state index is 0.135. The molecule has 1 saturated carbocycles. The number of hydrogen-bond donors (Lipinski definition) is 0. The Kier molecular flexibility index (Phi) is 3.73. The predicted octanol–water partition coefficient (Wildman–Crippen LogP) is 2.68. The number of ketones is 1. The van der Waals surface area contributed by atoms with Gasteiger partial charge in [0.1, 0.15) is 5.69 Å². The fraction of sp³-hybridized carbons (Fsp3) is 0.714. The van der Waals surface area contributed by atoms with Crippen molar-refractivity contribution in [3.05, 3.63) is 11.8 Å². The summed E-state index contributed by atoms with van der Waals surface area (Å²) in [6.45, 7) is 4.51. The third-order valence-corrected chi connectivity index (χ3v) is 4.27. The van der Waals surface area contributed by atoms with Gasteiger partial charge in [0.25, 0.3) is 0 Å². The van der Waals surface area contributed by atoms with Crippen molar-refractivity contribution in [2.45, 2.75) is 33.1 Å². The zero-order valence-corrected chi connectivity index (χ0v) is 11.6. The lowest BCUT2D eigenvalue weighted by Crippen LogP contribution is -2.26. The number of carbonyl (C=O) groups is 1. The van der Waals surface area contributed by atoms with Gasteiger partial charge in [-0.05, 0) is 31.1 Å². The van der Waals surface area contributed by atoms with Gasteiger partial charge in [-0.1, -0.05) is 13.8 Å². The Bertz CT molecular complexity index is 439. The van der Waals surface area contributed by atoms with E-state index in [1.165, 1.54) is 0 Å². The highest BCUT2D eigenvalue weighted by molar-refractivity contribution is 5.96. The molecule has 3 unspecified atom stereocenters. The Morgan fingerprint density at radius 1 is 1.39 bits per heavy atom. The van der Waals surface area contributed by atoms with Crippen molar-refractivity contribution in [1.82, 2.24) is 9.78 Å². The van der Waals surface area contributed by atoms with Crippen molar-refractivity contribution in [2.24, 2.45) is 24.8 Å². The minimum Gasteiger partial charge on any atom is -0.481 e. The molecule has 0 saturated heterocycles. The van der Waals surface area contributed by atoms with Crippen LogP contribution in [0.15, 0.2) is 6.07 Å². The molecule has 0 amide bonds. The molecule has 1 heterocycles. The Morgan fingerprint density at radius 3 is 2.67 bits per heavy atom. The maximum absolute atomic E-state index is 12.4. The standard InChI is InChI=1S/C14H22N2O2/c1-9-5-6-11(7-10(9)2)14(17)12-8-13(18-4)16(3)15-12/h8-11H,5-7H2,1-4H3. The van der Waals surface area contributed by atoms with E-state index < -0.39 is 0 Å². The van der Waals surface area contributed by atoms with Gasteiger partial charge in [0, 0.05) is 19.0 Å². The molecule has 1 aromatic heterocycles. The molecule has 1 aliphatic rings. The highest BCUT2D eigenvalue weighted by atomic mass is 16.5. The van der Waals surface area contributed by atoms with Crippen molar-refractivity contribution >= 4 is 5.78 Å². The molecule has 4 heteroatoms. The summed E-state index contributed by atoms with van der Waals surface area (Å²) in [5, 5.41) is 4.24. The van der Waals surface area contributed by atoms with Crippen LogP contribution >= 0.6 is 0 Å². The number of Topliss-reactive ketones (excluding diaryl/α,β-unsaturated/α-hetero) is 1. The van der Waals surface area contributed by atoms with Crippen LogP contribution in [-0.2, 0) is 7.05 Å². The molecule has 0 N–H and O–H groups in total. The lowest BCUT2D eigenvalue weighted by molar-refractivity contribution is 0.0831. The van der Waals surface area contributed by atoms with Crippen molar-refractivity contribution in [1.29, 1.82) is 0 Å². The molecule has 2 rings (SSSR count). The van der Waals surface area contributed by atoms with Gasteiger partial charge >= 0.3 is 0 Å². The Morgan fingerprint density at radius 2 is 2.11 bits per heavy atom. The molecular weight excluding hydrogens is 228 g/mol. The van der Waals surface area contributed by atoms with Crippen LogP contribution < -0.4 is 4.74 Å². The summed E-state index contributed by atoms with van der Waals surface area (Å²) in [7, 11) is 3.39. The fourth-order valence-electron chi connectivity index (χ4n) is 2.76. The van der Waals surface area contributed by atoms with E-state index in [1.807, 2.05) is 0 Å². The van der Waals surface area contributed by atoms with Gasteiger partial charge in [0.2, 0.25) is 5.88 Å². The van der Waals surface area contributed by atoms with Gasteiger partial charge < -0.3 is 4.74 Å².